The zero-order chi connectivity index (χ0) is 11.7. The van der Waals surface area contributed by atoms with Crippen LogP contribution in [0.1, 0.15) is 5.56 Å². The molecule has 0 fully saturated rings. The molecular formula is C12H11N5. The van der Waals surface area contributed by atoms with Gasteiger partial charge in [0.1, 0.15) is 12.7 Å². The third-order valence-corrected chi connectivity index (χ3v) is 2.71. The summed E-state index contributed by atoms with van der Waals surface area (Å²) in [4.78, 5) is 0. The monoisotopic (exact) mass is 225 g/mol. The number of nitrogens with zero attached hydrogens (tertiary/aromatic N) is 4. The van der Waals surface area contributed by atoms with E-state index in [0.29, 0.717) is 0 Å². The van der Waals surface area contributed by atoms with Crippen molar-refractivity contribution < 1.29 is 0 Å². The molecule has 0 amide bonds. The first-order chi connectivity index (χ1) is 8.36. The summed E-state index contributed by atoms with van der Waals surface area (Å²) in [6, 6.07) is 10.1. The van der Waals surface area contributed by atoms with E-state index in [1.807, 2.05) is 25.1 Å². The van der Waals surface area contributed by atoms with Gasteiger partial charge >= 0.3 is 0 Å². The fourth-order valence-corrected chi connectivity index (χ4v) is 1.84. The van der Waals surface area contributed by atoms with Crippen molar-refractivity contribution in [1.29, 1.82) is 0 Å². The van der Waals surface area contributed by atoms with Gasteiger partial charge in [-0.15, -0.1) is 10.2 Å². The summed E-state index contributed by atoms with van der Waals surface area (Å²) in [5.74, 6) is 0.828. The van der Waals surface area contributed by atoms with E-state index in [-0.39, 0.29) is 0 Å². The lowest BCUT2D eigenvalue weighted by Gasteiger charge is -2.00. The van der Waals surface area contributed by atoms with Gasteiger partial charge in [-0.3, -0.25) is 9.67 Å². The van der Waals surface area contributed by atoms with Gasteiger partial charge in [0.05, 0.1) is 5.69 Å². The summed E-state index contributed by atoms with van der Waals surface area (Å²) in [6.07, 6.45) is 3.27. The lowest BCUT2D eigenvalue weighted by atomic mass is 10.1. The third kappa shape index (κ3) is 1.61. The normalized spacial score (nSPS) is 10.6. The Hall–Kier alpha value is -2.43. The highest BCUT2D eigenvalue weighted by Crippen LogP contribution is 2.24. The molecule has 3 aromatic rings. The maximum absolute atomic E-state index is 4.29. The number of aromatic nitrogens is 5. The van der Waals surface area contributed by atoms with E-state index in [2.05, 4.69) is 32.5 Å². The molecule has 0 bridgehead atoms. The maximum Gasteiger partial charge on any atom is 0.164 e. The van der Waals surface area contributed by atoms with Crippen LogP contribution in [0.3, 0.4) is 0 Å². The van der Waals surface area contributed by atoms with Crippen LogP contribution in [0.25, 0.3) is 17.1 Å². The van der Waals surface area contributed by atoms with Crippen LogP contribution in [0.2, 0.25) is 0 Å². The van der Waals surface area contributed by atoms with Crippen molar-refractivity contribution in [2.45, 2.75) is 6.92 Å². The summed E-state index contributed by atoms with van der Waals surface area (Å²) < 4.78 is 1.79. The fraction of sp³-hybridized carbons (Fsp3) is 0.0833. The predicted molar refractivity (Wildman–Crippen MR) is 63.7 cm³/mol. The van der Waals surface area contributed by atoms with Gasteiger partial charge in [0.2, 0.25) is 0 Å². The number of nitrogens with one attached hydrogen (secondary N) is 1. The van der Waals surface area contributed by atoms with Crippen molar-refractivity contribution in [2.75, 3.05) is 0 Å². The lowest BCUT2D eigenvalue weighted by molar-refractivity contribution is 0.949. The van der Waals surface area contributed by atoms with E-state index in [1.54, 1.807) is 17.2 Å². The van der Waals surface area contributed by atoms with Crippen molar-refractivity contribution >= 4 is 0 Å². The number of hydrogen-bond acceptors (Lipinski definition) is 3. The molecule has 84 valence electrons. The maximum atomic E-state index is 4.29. The molecule has 0 unspecified atom stereocenters. The summed E-state index contributed by atoms with van der Waals surface area (Å²) in [6.45, 7) is 2.03. The average molecular weight is 225 g/mol. The molecular weight excluding hydrogens is 214 g/mol. The topological polar surface area (TPSA) is 59.4 Å². The molecule has 2 aromatic heterocycles. The minimum atomic E-state index is 0.828. The molecule has 0 atom stereocenters. The molecule has 5 nitrogen and oxygen atoms in total. The second-order valence-electron chi connectivity index (χ2n) is 3.78. The Morgan fingerprint density at radius 2 is 1.76 bits per heavy atom. The van der Waals surface area contributed by atoms with Crippen LogP contribution < -0.4 is 0 Å². The largest absolute Gasteiger partial charge is 0.275 e. The Morgan fingerprint density at radius 3 is 2.47 bits per heavy atom. The number of aromatic amines is 1. The van der Waals surface area contributed by atoms with Crippen LogP contribution in [-0.4, -0.2) is 25.0 Å². The average Bonchev–Trinajstić information content (AvgIpc) is 2.99. The molecule has 0 aliphatic rings. The van der Waals surface area contributed by atoms with E-state index in [0.717, 1.165) is 22.6 Å². The number of rotatable bonds is 2. The first kappa shape index (κ1) is 9.77. The predicted octanol–water partition coefficient (Wildman–Crippen LogP) is 1.97. The van der Waals surface area contributed by atoms with Gasteiger partial charge in [-0.05, 0) is 12.5 Å². The van der Waals surface area contributed by atoms with Gasteiger partial charge in [0, 0.05) is 5.56 Å². The Morgan fingerprint density at radius 1 is 1.06 bits per heavy atom. The van der Waals surface area contributed by atoms with Crippen LogP contribution in [0.15, 0.2) is 43.0 Å². The minimum absolute atomic E-state index is 0.828. The molecule has 17 heavy (non-hydrogen) atoms. The van der Waals surface area contributed by atoms with Crippen molar-refractivity contribution in [1.82, 2.24) is 25.0 Å². The van der Waals surface area contributed by atoms with Crippen molar-refractivity contribution in [3.8, 4) is 17.1 Å². The van der Waals surface area contributed by atoms with Gasteiger partial charge in [-0.25, -0.2) is 0 Å². The third-order valence-electron chi connectivity index (χ3n) is 2.71. The molecule has 1 aromatic carbocycles. The van der Waals surface area contributed by atoms with Crippen LogP contribution in [0.5, 0.6) is 0 Å². The van der Waals surface area contributed by atoms with Gasteiger partial charge < -0.3 is 0 Å². The molecule has 0 aliphatic carbocycles. The number of benzene rings is 1. The molecule has 0 radical (unpaired) electrons. The number of hydrogen-bond donors (Lipinski definition) is 1. The Labute approximate surface area is 98.1 Å². The zero-order valence-corrected chi connectivity index (χ0v) is 9.33. The summed E-state index contributed by atoms with van der Waals surface area (Å²) in [5, 5.41) is 14.9. The summed E-state index contributed by atoms with van der Waals surface area (Å²) in [7, 11) is 0. The highest BCUT2D eigenvalue weighted by Gasteiger charge is 2.11. The van der Waals surface area contributed by atoms with Gasteiger partial charge in [-0.2, -0.15) is 5.10 Å². The Balaban J connectivity index is 2.10. The van der Waals surface area contributed by atoms with E-state index < -0.39 is 0 Å². The molecule has 0 spiro atoms. The fourth-order valence-electron chi connectivity index (χ4n) is 1.84. The second-order valence-corrected chi connectivity index (χ2v) is 3.78. The standard InChI is InChI=1S/C12H11N5/c1-9-11(10-5-3-2-4-6-10)15-16-12(9)17-7-13-14-8-17/h2-8H,1H3,(H,15,16). The first-order valence-corrected chi connectivity index (χ1v) is 5.31. The smallest absolute Gasteiger partial charge is 0.164 e. The lowest BCUT2D eigenvalue weighted by Crippen LogP contribution is -1.92. The Bertz CT molecular complexity index is 610. The van der Waals surface area contributed by atoms with Crippen LogP contribution in [-0.2, 0) is 0 Å². The van der Waals surface area contributed by atoms with E-state index >= 15 is 0 Å². The van der Waals surface area contributed by atoms with Crippen LogP contribution >= 0.6 is 0 Å². The van der Waals surface area contributed by atoms with Crippen molar-refractivity contribution in [2.24, 2.45) is 0 Å². The highest BCUT2D eigenvalue weighted by molar-refractivity contribution is 5.65. The summed E-state index contributed by atoms with van der Waals surface area (Å²) >= 11 is 0. The van der Waals surface area contributed by atoms with Crippen LogP contribution in [0.4, 0.5) is 0 Å². The first-order valence-electron chi connectivity index (χ1n) is 5.31. The second kappa shape index (κ2) is 3.86. The van der Waals surface area contributed by atoms with Crippen molar-refractivity contribution in [3.05, 3.63) is 48.5 Å². The summed E-state index contributed by atoms with van der Waals surface area (Å²) in [5.41, 5.74) is 3.22. The molecule has 1 N–H and O–H groups in total. The van der Waals surface area contributed by atoms with Gasteiger partial charge in [-0.1, -0.05) is 30.3 Å². The minimum Gasteiger partial charge on any atom is -0.275 e. The van der Waals surface area contributed by atoms with Crippen LogP contribution in [0, 0.1) is 6.92 Å². The van der Waals surface area contributed by atoms with E-state index in [4.69, 9.17) is 0 Å². The Kier molecular flexibility index (Phi) is 2.22. The van der Waals surface area contributed by atoms with Gasteiger partial charge in [0.25, 0.3) is 0 Å². The molecule has 0 saturated heterocycles. The SMILES string of the molecule is Cc1c(-n2cnnc2)n[nH]c1-c1ccccc1. The highest BCUT2D eigenvalue weighted by atomic mass is 15.3. The van der Waals surface area contributed by atoms with E-state index in [1.165, 1.54) is 0 Å². The van der Waals surface area contributed by atoms with Crippen molar-refractivity contribution in [3.63, 3.8) is 0 Å². The van der Waals surface area contributed by atoms with Gasteiger partial charge in [0.15, 0.2) is 5.82 Å². The molecule has 2 heterocycles. The zero-order valence-electron chi connectivity index (χ0n) is 9.33. The number of H-pyrrole nitrogens is 1. The molecule has 0 saturated carbocycles. The van der Waals surface area contributed by atoms with E-state index in [9.17, 15) is 0 Å². The molecule has 5 heteroatoms. The quantitative estimate of drug-likeness (QED) is 0.725. The molecule has 3 rings (SSSR count). The molecule has 0 aliphatic heterocycles.